The fraction of sp³-hybridized carbons (Fsp3) is 0.321. The van der Waals surface area contributed by atoms with Crippen molar-refractivity contribution in [3.05, 3.63) is 77.0 Å². The number of methoxy groups -OCH3 is 1. The molecule has 198 valence electrons. The molecule has 0 bridgehead atoms. The fourth-order valence-electron chi connectivity index (χ4n) is 4.55. The number of aryl methyl sites for hydroxylation is 1. The molecule has 1 saturated carbocycles. The Morgan fingerprint density at radius 1 is 1.13 bits per heavy atom. The maximum atomic E-state index is 14.8. The minimum atomic E-state index is -3.18. The van der Waals surface area contributed by atoms with Gasteiger partial charge in [-0.05, 0) is 55.2 Å². The van der Waals surface area contributed by atoms with Crippen molar-refractivity contribution >= 4 is 16.9 Å². The van der Waals surface area contributed by atoms with E-state index < -0.39 is 25.0 Å². The molecule has 5 rings (SSSR count). The van der Waals surface area contributed by atoms with Crippen molar-refractivity contribution in [3.8, 4) is 17.2 Å². The zero-order valence-corrected chi connectivity index (χ0v) is 20.9. The first-order valence-electron chi connectivity index (χ1n) is 12.3. The van der Waals surface area contributed by atoms with E-state index in [1.165, 1.54) is 18.9 Å². The van der Waals surface area contributed by atoms with Crippen LogP contribution in [0.25, 0.3) is 16.6 Å². The van der Waals surface area contributed by atoms with E-state index in [4.69, 9.17) is 9.47 Å². The molecule has 10 heteroatoms. The number of pyridine rings is 1. The maximum absolute atomic E-state index is 14.8. The van der Waals surface area contributed by atoms with E-state index in [1.807, 2.05) is 35.0 Å². The second-order valence-electron chi connectivity index (χ2n) is 9.02. The van der Waals surface area contributed by atoms with E-state index in [0.29, 0.717) is 23.6 Å². The van der Waals surface area contributed by atoms with Gasteiger partial charge in [-0.1, -0.05) is 19.1 Å². The van der Waals surface area contributed by atoms with E-state index in [1.54, 1.807) is 13.1 Å². The first-order chi connectivity index (χ1) is 18.4. The lowest BCUT2D eigenvalue weighted by Gasteiger charge is -2.19. The molecule has 1 aliphatic carbocycles. The SMILES string of the molecule is CCc1nc2c(F)ccc(OCC(=O)OC)c2c(OC(F)F)c1Cc1ccc(-n2nccc2C2CC2)cc1. The number of rotatable bonds is 10. The van der Waals surface area contributed by atoms with Gasteiger partial charge in [0.1, 0.15) is 22.8 Å². The lowest BCUT2D eigenvalue weighted by molar-refractivity contribution is -0.142. The number of carbonyl (C=O) groups excluding carboxylic acids is 1. The summed E-state index contributed by atoms with van der Waals surface area (Å²) in [4.78, 5) is 16.1. The van der Waals surface area contributed by atoms with Gasteiger partial charge in [0.25, 0.3) is 0 Å². The zero-order chi connectivity index (χ0) is 26.8. The van der Waals surface area contributed by atoms with Crippen molar-refractivity contribution < 1.29 is 32.2 Å². The van der Waals surface area contributed by atoms with Gasteiger partial charge >= 0.3 is 12.6 Å². The standard InChI is InChI=1S/C28H26F3N3O4/c1-3-21-19(14-16-4-8-18(9-5-16)34-22(12-13-32-34)17-6-7-17)27(38-28(30)31)25-23(37-15-24(35)36-2)11-10-20(29)26(25)33-21/h4-5,8-13,17,28H,3,6-7,14-15H2,1-2H3. The van der Waals surface area contributed by atoms with Gasteiger partial charge in [0, 0.05) is 35.5 Å². The average Bonchev–Trinajstić information content (AvgIpc) is 3.65. The summed E-state index contributed by atoms with van der Waals surface area (Å²) in [5.74, 6) is -1.12. The van der Waals surface area contributed by atoms with Crippen molar-refractivity contribution in [1.29, 1.82) is 0 Å². The molecule has 1 fully saturated rings. The van der Waals surface area contributed by atoms with Gasteiger partial charge in [0.05, 0.1) is 18.2 Å². The van der Waals surface area contributed by atoms with Crippen molar-refractivity contribution in [1.82, 2.24) is 14.8 Å². The van der Waals surface area contributed by atoms with Crippen LogP contribution in [0.5, 0.6) is 11.5 Å². The molecule has 0 spiro atoms. The Kier molecular flexibility index (Phi) is 7.22. The minimum Gasteiger partial charge on any atom is -0.481 e. The Bertz CT molecular complexity index is 1470. The van der Waals surface area contributed by atoms with Gasteiger partial charge in [-0.2, -0.15) is 13.9 Å². The van der Waals surface area contributed by atoms with Crippen LogP contribution in [0, 0.1) is 5.82 Å². The van der Waals surface area contributed by atoms with Gasteiger partial charge < -0.3 is 14.2 Å². The normalized spacial score (nSPS) is 13.2. The third-order valence-electron chi connectivity index (χ3n) is 6.53. The molecule has 0 radical (unpaired) electrons. The van der Waals surface area contributed by atoms with Crippen molar-refractivity contribution in [2.75, 3.05) is 13.7 Å². The number of carbonyl (C=O) groups is 1. The largest absolute Gasteiger partial charge is 0.481 e. The number of hydrogen-bond acceptors (Lipinski definition) is 6. The Balaban J connectivity index is 1.57. The van der Waals surface area contributed by atoms with Crippen LogP contribution in [0.4, 0.5) is 13.2 Å². The summed E-state index contributed by atoms with van der Waals surface area (Å²) in [7, 11) is 1.19. The van der Waals surface area contributed by atoms with E-state index >= 15 is 0 Å². The van der Waals surface area contributed by atoms with Crippen LogP contribution >= 0.6 is 0 Å². The molecule has 2 aromatic heterocycles. The molecule has 0 N–H and O–H groups in total. The van der Waals surface area contributed by atoms with E-state index in [0.717, 1.165) is 30.2 Å². The van der Waals surface area contributed by atoms with Gasteiger partial charge in [-0.3, -0.25) is 0 Å². The average molecular weight is 526 g/mol. The lowest BCUT2D eigenvalue weighted by Crippen LogP contribution is -2.14. The van der Waals surface area contributed by atoms with Gasteiger partial charge in [0.15, 0.2) is 6.61 Å². The highest BCUT2D eigenvalue weighted by atomic mass is 19.3. The van der Waals surface area contributed by atoms with E-state index in [2.05, 4.69) is 14.8 Å². The predicted octanol–water partition coefficient (Wildman–Crippen LogP) is 5.74. The van der Waals surface area contributed by atoms with Crippen molar-refractivity contribution in [2.45, 2.75) is 45.1 Å². The fourth-order valence-corrected chi connectivity index (χ4v) is 4.55. The number of halogens is 3. The molecule has 38 heavy (non-hydrogen) atoms. The molecular formula is C28H26F3N3O4. The molecule has 1 aliphatic rings. The number of ether oxygens (including phenoxy) is 3. The van der Waals surface area contributed by atoms with Gasteiger partial charge in [0.2, 0.25) is 0 Å². The van der Waals surface area contributed by atoms with Crippen LogP contribution in [-0.4, -0.2) is 41.1 Å². The Labute approximate surface area is 217 Å². The van der Waals surface area contributed by atoms with E-state index in [9.17, 15) is 18.0 Å². The number of alkyl halides is 2. The summed E-state index contributed by atoms with van der Waals surface area (Å²) in [6.07, 6.45) is 4.64. The summed E-state index contributed by atoms with van der Waals surface area (Å²) in [6, 6.07) is 12.0. The summed E-state index contributed by atoms with van der Waals surface area (Å²) in [5.41, 5.74) is 3.52. The summed E-state index contributed by atoms with van der Waals surface area (Å²) in [5, 5.41) is 4.38. The van der Waals surface area contributed by atoms with Crippen molar-refractivity contribution in [2.24, 2.45) is 0 Å². The van der Waals surface area contributed by atoms with Crippen LogP contribution in [-0.2, 0) is 22.4 Å². The number of esters is 1. The molecular weight excluding hydrogens is 499 g/mol. The van der Waals surface area contributed by atoms with Crippen LogP contribution in [0.1, 0.15) is 48.2 Å². The zero-order valence-electron chi connectivity index (χ0n) is 20.9. The second-order valence-corrected chi connectivity index (χ2v) is 9.02. The van der Waals surface area contributed by atoms with Crippen LogP contribution in [0.3, 0.4) is 0 Å². The number of hydrogen-bond donors (Lipinski definition) is 0. The van der Waals surface area contributed by atoms with Crippen LogP contribution in [0.2, 0.25) is 0 Å². The molecule has 7 nitrogen and oxygen atoms in total. The molecule has 0 aliphatic heterocycles. The predicted molar refractivity (Wildman–Crippen MR) is 134 cm³/mol. The number of aromatic nitrogens is 3. The first-order valence-corrected chi connectivity index (χ1v) is 12.3. The van der Waals surface area contributed by atoms with E-state index in [-0.39, 0.29) is 28.8 Å². The summed E-state index contributed by atoms with van der Waals surface area (Å²) >= 11 is 0. The molecule has 0 amide bonds. The molecule has 4 aromatic rings. The van der Waals surface area contributed by atoms with Gasteiger partial charge in [-0.25, -0.2) is 18.9 Å². The van der Waals surface area contributed by atoms with Crippen LogP contribution < -0.4 is 9.47 Å². The Morgan fingerprint density at radius 2 is 1.89 bits per heavy atom. The number of fused-ring (bicyclic) bond motifs is 1. The molecule has 0 unspecified atom stereocenters. The summed E-state index contributed by atoms with van der Waals surface area (Å²) < 4.78 is 59.1. The van der Waals surface area contributed by atoms with Gasteiger partial charge in [-0.15, -0.1) is 0 Å². The second kappa shape index (κ2) is 10.7. The minimum absolute atomic E-state index is 0.0134. The quantitative estimate of drug-likeness (QED) is 0.246. The molecule has 2 aromatic carbocycles. The molecule has 0 saturated heterocycles. The summed E-state index contributed by atoms with van der Waals surface area (Å²) in [6.45, 7) is -1.86. The third kappa shape index (κ3) is 5.16. The number of nitrogens with zero attached hydrogens (tertiary/aromatic N) is 3. The van der Waals surface area contributed by atoms with Crippen molar-refractivity contribution in [3.63, 3.8) is 0 Å². The monoisotopic (exact) mass is 525 g/mol. The van der Waals surface area contributed by atoms with Crippen LogP contribution in [0.15, 0.2) is 48.7 Å². The highest BCUT2D eigenvalue weighted by Crippen LogP contribution is 2.42. The first kappa shape index (κ1) is 25.6. The molecule has 2 heterocycles. The lowest BCUT2D eigenvalue weighted by atomic mass is 9.98. The topological polar surface area (TPSA) is 75.5 Å². The highest BCUT2D eigenvalue weighted by molar-refractivity contribution is 5.93. The Hall–Kier alpha value is -4.08. The third-order valence-corrected chi connectivity index (χ3v) is 6.53. The maximum Gasteiger partial charge on any atom is 0.387 e. The number of benzene rings is 2. The molecule has 0 atom stereocenters. The smallest absolute Gasteiger partial charge is 0.387 e. The highest BCUT2D eigenvalue weighted by Gasteiger charge is 2.27. The Morgan fingerprint density at radius 3 is 2.55 bits per heavy atom.